The number of Topliss-reactive ketones (excluding diaryl/α,β-unsaturated/α-hetero) is 1. The molecule has 5 aliphatic heterocycles. The number of carboxylic acid groups (broad SMARTS) is 1. The molecule has 2 unspecified atom stereocenters. The fourth-order valence-electron chi connectivity index (χ4n) is 17.6. The summed E-state index contributed by atoms with van der Waals surface area (Å²) < 4.78 is 47.8. The standard InChI is InChI=1S/C38H60O14.C32H35ClN2O7/c1-17-6-9-38(47-16-17)12-22-24(52-38)11-21-20-5-4-18-10-19(7-8-36(18,2)27(20)23(41)13-37(21,22)3)48-34-32(46)30(44)33(26(15-40)50-34)51-35-31(45)29(43)28(42)25(14-39)49-35;1-32(2,3)18-35-25-14-12-20(33)16-23(25)29(22-11-7-9-19-8-5-6-10-21(19)22)42-26(30(35)39)17-27(36)34-24(31(40)41-4)13-15-28(37)38/h17-22,24-35,39-40,42-46H,4-16H2,1-3H3;5-12,14,16,24,26,29H,13,15,17-18H2,1-4H3,(H,34,36)(H,37,38)/t17-,18+,19+,20+,21+,22+,24+,25-,26-,27-,28-,29+,30-,31-,32-,33-,34-,35+,36+,37+,38-;24-,26?,29?/m10/s1. The van der Waals surface area contributed by atoms with Gasteiger partial charge in [0.05, 0.1) is 45.6 Å². The number of hydrogen-bond donors (Lipinski definition) is 9. The number of ether oxygens (including phenoxy) is 8. The van der Waals surface area contributed by atoms with Crippen LogP contribution in [0.1, 0.15) is 142 Å². The van der Waals surface area contributed by atoms with Crippen molar-refractivity contribution in [2.24, 2.45) is 51.8 Å². The second-order valence-electron chi connectivity index (χ2n) is 29.8. The molecule has 1 spiro atoms. The monoisotopic (exact) mass is 1330 g/mol. The number of carbonyl (C=O) groups is 5. The predicted octanol–water partition coefficient (Wildman–Crippen LogP) is 5.65. The molecule has 3 aromatic rings. The van der Waals surface area contributed by atoms with Gasteiger partial charge in [-0.25, -0.2) is 4.79 Å². The van der Waals surface area contributed by atoms with Crippen LogP contribution < -0.4 is 10.2 Å². The van der Waals surface area contributed by atoms with Crippen molar-refractivity contribution in [3.8, 4) is 0 Å². The van der Waals surface area contributed by atoms with Gasteiger partial charge in [0.15, 0.2) is 18.4 Å². The highest BCUT2D eigenvalue weighted by Crippen LogP contribution is 2.70. The third-order valence-corrected chi connectivity index (χ3v) is 22.6. The highest BCUT2D eigenvalue weighted by Gasteiger charge is 2.69. The van der Waals surface area contributed by atoms with Gasteiger partial charge in [0.1, 0.15) is 72.9 Å². The lowest BCUT2D eigenvalue weighted by Crippen LogP contribution is -2.65. The maximum atomic E-state index is 14.4. The SMILES string of the molecule is COC(=O)[C@H](CCC(=O)O)NC(=O)CC1OC(c2cccc3ccccc23)c2cc(Cl)ccc2N(CC(C)(C)C)C1=O.C[C@@H]1CC[C@@]2(C[C@H]3[C@H](C[C@H]4[C@@H]5CC[C@H]6C[C@@H](O[C@@H]7O[C@H](CO)[C@@H](O[C@@H]8O[C@H](CO)[C@@H](O)[C@H](O)[C@H]8O)[C@H](O)[C@H]7O)CC[C@]6(C)[C@H]5C(=O)C[C@@]43C)O2)OC1. The first-order chi connectivity index (χ1) is 44.6. The summed E-state index contributed by atoms with van der Waals surface area (Å²) in [5.41, 5.74) is 1.58. The molecule has 9 aliphatic rings. The summed E-state index contributed by atoms with van der Waals surface area (Å²) in [5.74, 6) is -1.15. The first kappa shape index (κ1) is 70.5. The third kappa shape index (κ3) is 14.0. The van der Waals surface area contributed by atoms with Crippen molar-refractivity contribution in [2.45, 2.75) is 223 Å². The van der Waals surface area contributed by atoms with Gasteiger partial charge >= 0.3 is 11.9 Å². The zero-order valence-electron chi connectivity index (χ0n) is 54.6. The largest absolute Gasteiger partial charge is 0.481 e. The Morgan fingerprint density at radius 2 is 1.51 bits per heavy atom. The highest BCUT2D eigenvalue weighted by molar-refractivity contribution is 6.30. The van der Waals surface area contributed by atoms with Crippen molar-refractivity contribution < 1.29 is 103 Å². The molecule has 2 amide bonds. The van der Waals surface area contributed by atoms with Crippen LogP contribution in [0, 0.1) is 51.8 Å². The maximum Gasteiger partial charge on any atom is 0.328 e. The van der Waals surface area contributed by atoms with E-state index >= 15 is 0 Å². The molecule has 0 aromatic heterocycles. The second-order valence-corrected chi connectivity index (χ2v) is 30.3. The van der Waals surface area contributed by atoms with Gasteiger partial charge in [-0.15, -0.1) is 0 Å². The molecule has 4 aliphatic carbocycles. The van der Waals surface area contributed by atoms with Crippen LogP contribution in [-0.4, -0.2) is 195 Å². The Kier molecular flexibility index (Phi) is 21.2. The Hall–Kier alpha value is -4.80. The molecule has 94 heavy (non-hydrogen) atoms. The smallest absolute Gasteiger partial charge is 0.328 e. The normalized spacial score (nSPS) is 39.8. The van der Waals surface area contributed by atoms with Gasteiger partial charge in [-0.1, -0.05) is 95.6 Å². The van der Waals surface area contributed by atoms with Crippen molar-refractivity contribution in [1.82, 2.24) is 5.32 Å². The van der Waals surface area contributed by atoms with Gasteiger partial charge in [0.2, 0.25) is 5.91 Å². The van der Waals surface area contributed by atoms with E-state index in [0.717, 1.165) is 75.0 Å². The second kappa shape index (κ2) is 28.2. The van der Waals surface area contributed by atoms with Gasteiger partial charge in [-0.2, -0.15) is 0 Å². The molecule has 8 fully saturated rings. The number of ketones is 1. The quantitative estimate of drug-likeness (QED) is 0.0656. The number of nitrogens with zero attached hydrogens (tertiary/aromatic N) is 1. The van der Waals surface area contributed by atoms with Crippen LogP contribution in [0.25, 0.3) is 10.8 Å². The number of amides is 2. The summed E-state index contributed by atoms with van der Waals surface area (Å²) in [6.07, 6.45) is -9.37. The molecule has 0 bridgehead atoms. The summed E-state index contributed by atoms with van der Waals surface area (Å²) in [5, 5.41) is 86.7. The summed E-state index contributed by atoms with van der Waals surface area (Å²) >= 11 is 6.48. The van der Waals surface area contributed by atoms with Crippen LogP contribution in [0.4, 0.5) is 5.69 Å². The fraction of sp³-hybridized carbons (Fsp3) is 0.700. The number of esters is 1. The number of halogens is 1. The minimum Gasteiger partial charge on any atom is -0.481 e. The first-order valence-corrected chi connectivity index (χ1v) is 33.9. The summed E-state index contributed by atoms with van der Waals surface area (Å²) in [7, 11) is 1.15. The first-order valence-electron chi connectivity index (χ1n) is 33.5. The molecule has 4 saturated carbocycles. The average Bonchev–Trinajstić information content (AvgIpc) is 1.47. The van der Waals surface area contributed by atoms with Crippen molar-refractivity contribution in [3.63, 3.8) is 0 Å². The van der Waals surface area contributed by atoms with Crippen molar-refractivity contribution in [2.75, 3.05) is 38.4 Å². The highest BCUT2D eigenvalue weighted by atomic mass is 35.5. The van der Waals surface area contributed by atoms with E-state index in [4.69, 9.17) is 54.6 Å². The summed E-state index contributed by atoms with van der Waals surface area (Å²) in [4.78, 5) is 66.8. The van der Waals surface area contributed by atoms with E-state index in [1.54, 1.807) is 23.1 Å². The number of fused-ring (bicyclic) bond motifs is 9. The van der Waals surface area contributed by atoms with Gasteiger partial charge in [-0.05, 0) is 132 Å². The topological polar surface area (TPSA) is 336 Å². The van der Waals surface area contributed by atoms with Crippen LogP contribution >= 0.6 is 11.6 Å². The van der Waals surface area contributed by atoms with Crippen molar-refractivity contribution in [3.05, 3.63) is 76.8 Å². The number of benzene rings is 3. The van der Waals surface area contributed by atoms with E-state index in [9.17, 15) is 59.7 Å². The zero-order chi connectivity index (χ0) is 67.5. The Morgan fingerprint density at radius 3 is 2.21 bits per heavy atom. The molecule has 24 atom stereocenters. The Balaban J connectivity index is 0.000000197. The number of nitrogens with one attached hydrogen (secondary N) is 1. The molecular weight excluding hydrogens is 1240 g/mol. The molecular formula is C70H95ClN2O21. The summed E-state index contributed by atoms with van der Waals surface area (Å²) in [6.45, 7) is 12.7. The molecule has 4 saturated heterocycles. The third-order valence-electron chi connectivity index (χ3n) is 22.3. The van der Waals surface area contributed by atoms with E-state index in [0.29, 0.717) is 71.5 Å². The number of carbonyl (C=O) groups excluding carboxylic acids is 4. The molecule has 518 valence electrons. The molecule has 0 radical (unpaired) electrons. The number of methoxy groups -OCH3 is 1. The van der Waals surface area contributed by atoms with Gasteiger partial charge in [-0.3, -0.25) is 19.2 Å². The Bertz CT molecular complexity index is 3220. The van der Waals surface area contributed by atoms with E-state index in [-0.39, 0.29) is 53.1 Å². The van der Waals surface area contributed by atoms with Crippen LogP contribution in [-0.2, 0) is 61.9 Å². The number of rotatable bonds is 15. The van der Waals surface area contributed by atoms with Crippen LogP contribution in [0.15, 0.2) is 60.7 Å². The van der Waals surface area contributed by atoms with Crippen LogP contribution in [0.5, 0.6) is 0 Å². The number of aliphatic carboxylic acids is 1. The molecule has 3 aromatic carbocycles. The minimum absolute atomic E-state index is 0.0118. The number of carboxylic acids is 1. The minimum atomic E-state index is -1.74. The van der Waals surface area contributed by atoms with Gasteiger partial charge < -0.3 is 89.0 Å². The number of aliphatic hydroxyl groups is 7. The zero-order valence-corrected chi connectivity index (χ0v) is 55.4. The maximum absolute atomic E-state index is 14.4. The van der Waals surface area contributed by atoms with E-state index in [1.165, 1.54) is 0 Å². The van der Waals surface area contributed by atoms with Gasteiger partial charge in [0, 0.05) is 54.4 Å². The lowest BCUT2D eigenvalue weighted by molar-refractivity contribution is -0.364. The fourth-order valence-corrected chi connectivity index (χ4v) is 17.8. The summed E-state index contributed by atoms with van der Waals surface area (Å²) in [6, 6.07) is 17.8. The van der Waals surface area contributed by atoms with E-state index in [1.807, 2.05) is 63.2 Å². The number of hydrogen-bond acceptors (Lipinski definition) is 20. The Labute approximate surface area is 553 Å². The molecule has 23 nitrogen and oxygen atoms in total. The lowest BCUT2D eigenvalue weighted by atomic mass is 9.44. The van der Waals surface area contributed by atoms with E-state index < -0.39 is 129 Å². The predicted molar refractivity (Wildman–Crippen MR) is 338 cm³/mol. The molecule has 12 rings (SSSR count). The molecule has 24 heteroatoms. The van der Waals surface area contributed by atoms with Crippen LogP contribution in [0.3, 0.4) is 0 Å². The number of anilines is 1. The molecule has 9 N–H and O–H groups in total. The molecule has 5 heterocycles. The van der Waals surface area contributed by atoms with E-state index in [2.05, 4.69) is 26.1 Å². The average molecular weight is 1340 g/mol. The number of aliphatic hydroxyl groups excluding tert-OH is 7. The lowest BCUT2D eigenvalue weighted by Gasteiger charge is -2.60. The van der Waals surface area contributed by atoms with Crippen LogP contribution in [0.2, 0.25) is 5.02 Å². The Morgan fingerprint density at radius 1 is 0.798 bits per heavy atom. The van der Waals surface area contributed by atoms with Crippen molar-refractivity contribution >= 4 is 57.6 Å². The van der Waals surface area contributed by atoms with Crippen molar-refractivity contribution in [1.29, 1.82) is 0 Å². The van der Waals surface area contributed by atoms with Gasteiger partial charge in [0.25, 0.3) is 5.91 Å².